The number of fused-ring (bicyclic) bond motifs is 2. The SMILES string of the molecule is SC1C2CCC(C2)C1SP(c1ccccc1)(c1ccccc1)(c1ccccc1)c1ccccc1. The zero-order chi connectivity index (χ0) is 23.0. The summed E-state index contributed by atoms with van der Waals surface area (Å²) >= 11 is 7.58. The normalized spacial score (nSPS) is 25.0. The molecule has 2 aliphatic carbocycles. The fourth-order valence-corrected chi connectivity index (χ4v) is 19.4. The third-order valence-corrected chi connectivity index (χ3v) is 20.1. The first-order valence-corrected chi connectivity index (χ1v) is 16.6. The molecule has 0 aliphatic heterocycles. The van der Waals surface area contributed by atoms with Crippen molar-refractivity contribution in [2.24, 2.45) is 11.8 Å². The first kappa shape index (κ1) is 22.5. The standard InChI is InChI=1S/C31H31PS2/c33-30-24-21-22-25(23-24)31(30)34-32(26-13-5-1-6-14-26,27-15-7-2-8-16-27,28-17-9-3-10-18-28)29-19-11-4-12-20-29/h1-20,24-25,30-31,33H,21-23H2. The van der Waals surface area contributed by atoms with Crippen molar-refractivity contribution in [3.63, 3.8) is 0 Å². The van der Waals surface area contributed by atoms with E-state index in [0.29, 0.717) is 10.5 Å². The van der Waals surface area contributed by atoms with Crippen LogP contribution in [0.4, 0.5) is 0 Å². The van der Waals surface area contributed by atoms with Crippen LogP contribution in [0.3, 0.4) is 0 Å². The van der Waals surface area contributed by atoms with E-state index in [2.05, 4.69) is 133 Å². The predicted molar refractivity (Wildman–Crippen MR) is 156 cm³/mol. The fraction of sp³-hybridized carbons (Fsp3) is 0.226. The Bertz CT molecular complexity index is 1070. The molecular formula is C31H31PS2. The molecule has 6 rings (SSSR count). The molecule has 3 heteroatoms. The topological polar surface area (TPSA) is 0 Å². The molecule has 4 atom stereocenters. The van der Waals surface area contributed by atoms with Gasteiger partial charge in [0.1, 0.15) is 0 Å². The van der Waals surface area contributed by atoms with Crippen molar-refractivity contribution in [2.75, 3.05) is 0 Å². The zero-order valence-electron chi connectivity index (χ0n) is 19.3. The summed E-state index contributed by atoms with van der Waals surface area (Å²) in [5.74, 6) is -1.66. The van der Waals surface area contributed by atoms with Crippen molar-refractivity contribution in [2.45, 2.75) is 29.8 Å². The van der Waals surface area contributed by atoms with Gasteiger partial charge in [-0.3, -0.25) is 0 Å². The van der Waals surface area contributed by atoms with Crippen molar-refractivity contribution in [1.29, 1.82) is 0 Å². The van der Waals surface area contributed by atoms with Gasteiger partial charge in [0.05, 0.1) is 0 Å². The summed E-state index contributed by atoms with van der Waals surface area (Å²) in [5.41, 5.74) is 0. The summed E-state index contributed by atoms with van der Waals surface area (Å²) in [6.07, 6.45) is 4.03. The van der Waals surface area contributed by atoms with Crippen LogP contribution in [0, 0.1) is 11.8 Å². The van der Waals surface area contributed by atoms with E-state index < -0.39 is 5.81 Å². The number of benzene rings is 4. The van der Waals surface area contributed by atoms with Crippen LogP contribution >= 0.6 is 29.8 Å². The summed E-state index contributed by atoms with van der Waals surface area (Å²) < 4.78 is 0. The minimum absolute atomic E-state index is 0.449. The molecular weight excluding hydrogens is 467 g/mol. The molecule has 0 amide bonds. The third-order valence-electron chi connectivity index (χ3n) is 8.13. The van der Waals surface area contributed by atoms with Crippen molar-refractivity contribution in [1.82, 2.24) is 0 Å². The average molecular weight is 499 g/mol. The molecule has 2 saturated carbocycles. The van der Waals surface area contributed by atoms with Crippen LogP contribution in [0.2, 0.25) is 0 Å². The van der Waals surface area contributed by atoms with Gasteiger partial charge in [-0.15, -0.1) is 0 Å². The molecule has 0 N–H and O–H groups in total. The molecule has 0 heterocycles. The minimum atomic E-state index is -3.16. The Kier molecular flexibility index (Phi) is 5.88. The molecule has 0 saturated heterocycles. The number of thiol groups is 1. The van der Waals surface area contributed by atoms with E-state index in [1.54, 1.807) is 0 Å². The van der Waals surface area contributed by atoms with Gasteiger partial charge < -0.3 is 0 Å². The molecule has 172 valence electrons. The summed E-state index contributed by atoms with van der Waals surface area (Å²) in [5, 5.41) is 6.72. The van der Waals surface area contributed by atoms with Gasteiger partial charge in [-0.2, -0.15) is 0 Å². The number of hydrogen-bond donors (Lipinski definition) is 1. The van der Waals surface area contributed by atoms with Gasteiger partial charge >= 0.3 is 214 Å². The van der Waals surface area contributed by atoms with E-state index in [1.807, 2.05) is 0 Å². The molecule has 4 aromatic rings. The molecule has 4 unspecified atom stereocenters. The fourth-order valence-electron chi connectivity index (χ4n) is 6.59. The van der Waals surface area contributed by atoms with E-state index >= 15 is 0 Å². The first-order chi connectivity index (χ1) is 16.7. The van der Waals surface area contributed by atoms with Crippen molar-refractivity contribution in [3.8, 4) is 0 Å². The third kappa shape index (κ3) is 3.19. The molecule has 2 fully saturated rings. The molecule has 0 spiro atoms. The van der Waals surface area contributed by atoms with Gasteiger partial charge in [0.15, 0.2) is 0 Å². The molecule has 0 radical (unpaired) electrons. The summed E-state index contributed by atoms with van der Waals surface area (Å²) in [4.78, 5) is 0. The van der Waals surface area contributed by atoms with Gasteiger partial charge in [-0.25, -0.2) is 0 Å². The number of rotatable bonds is 6. The monoisotopic (exact) mass is 498 g/mol. The maximum absolute atomic E-state index is 5.29. The van der Waals surface area contributed by atoms with Crippen LogP contribution in [0.25, 0.3) is 0 Å². The molecule has 2 bridgehead atoms. The van der Waals surface area contributed by atoms with E-state index in [1.165, 1.54) is 40.5 Å². The second-order valence-corrected chi connectivity index (χ2v) is 18.1. The van der Waals surface area contributed by atoms with E-state index in [4.69, 9.17) is 12.6 Å². The Morgan fingerprint density at radius 3 is 1.21 bits per heavy atom. The van der Waals surface area contributed by atoms with Crippen LogP contribution in [-0.4, -0.2) is 10.5 Å². The maximum atomic E-state index is 5.29. The molecule has 2 aliphatic rings. The van der Waals surface area contributed by atoms with Gasteiger partial charge in [-0.05, 0) is 0 Å². The Balaban J connectivity index is 1.77. The summed E-state index contributed by atoms with van der Waals surface area (Å²) in [6.45, 7) is 0. The van der Waals surface area contributed by atoms with E-state index in [0.717, 1.165) is 11.8 Å². The van der Waals surface area contributed by atoms with Gasteiger partial charge in [0.25, 0.3) is 0 Å². The Labute approximate surface area is 213 Å². The molecule has 34 heavy (non-hydrogen) atoms. The van der Waals surface area contributed by atoms with Gasteiger partial charge in [-0.1, -0.05) is 0 Å². The average Bonchev–Trinajstić information content (AvgIpc) is 3.52. The van der Waals surface area contributed by atoms with E-state index in [9.17, 15) is 0 Å². The summed E-state index contributed by atoms with van der Waals surface area (Å²) in [7, 11) is 0. The predicted octanol–water partition coefficient (Wildman–Crippen LogP) is 6.59. The van der Waals surface area contributed by atoms with Crippen LogP contribution in [-0.2, 0) is 0 Å². The second kappa shape index (κ2) is 8.90. The van der Waals surface area contributed by atoms with Crippen LogP contribution in [0.1, 0.15) is 19.3 Å². The van der Waals surface area contributed by atoms with Crippen LogP contribution in [0.15, 0.2) is 121 Å². The summed E-state index contributed by atoms with van der Waals surface area (Å²) in [6, 6.07) is 45.5. The Hall–Kier alpha value is -1.99. The molecule has 4 aromatic carbocycles. The van der Waals surface area contributed by atoms with Crippen molar-refractivity contribution >= 4 is 51.0 Å². The van der Waals surface area contributed by atoms with Crippen LogP contribution < -0.4 is 21.2 Å². The first-order valence-electron chi connectivity index (χ1n) is 12.3. The molecule has 0 nitrogen and oxygen atoms in total. The second-order valence-electron chi connectivity index (χ2n) is 9.77. The molecule has 0 aromatic heterocycles. The zero-order valence-corrected chi connectivity index (χ0v) is 21.9. The van der Waals surface area contributed by atoms with Gasteiger partial charge in [0, 0.05) is 0 Å². The quantitative estimate of drug-likeness (QED) is 0.231. The van der Waals surface area contributed by atoms with Crippen LogP contribution in [0.5, 0.6) is 0 Å². The van der Waals surface area contributed by atoms with Gasteiger partial charge in [0.2, 0.25) is 0 Å². The van der Waals surface area contributed by atoms with E-state index in [-0.39, 0.29) is 0 Å². The van der Waals surface area contributed by atoms with Crippen molar-refractivity contribution < 1.29 is 0 Å². The van der Waals surface area contributed by atoms with Crippen molar-refractivity contribution in [3.05, 3.63) is 121 Å². The Morgan fingerprint density at radius 2 is 0.882 bits per heavy atom. The Morgan fingerprint density at radius 1 is 0.529 bits per heavy atom. The number of hydrogen-bond acceptors (Lipinski definition) is 2.